The molecule has 0 aliphatic rings. The molecule has 2 N–H and O–H groups in total. The maximum Gasteiger partial charge on any atom is 0.416 e. The lowest BCUT2D eigenvalue weighted by Crippen LogP contribution is -2.33. The summed E-state index contributed by atoms with van der Waals surface area (Å²) in [6, 6.07) is 7.44. The number of anilines is 1. The molecular weight excluding hydrogens is 416 g/mol. The first-order chi connectivity index (χ1) is 12.0. The van der Waals surface area contributed by atoms with Crippen molar-refractivity contribution in [2.75, 3.05) is 11.9 Å². The van der Waals surface area contributed by atoms with Crippen LogP contribution in [0, 0.1) is 0 Å². The van der Waals surface area contributed by atoms with Gasteiger partial charge >= 0.3 is 6.18 Å². The highest BCUT2D eigenvalue weighted by atomic mass is 35.5. The molecule has 2 aromatic rings. The zero-order valence-corrected chi connectivity index (χ0v) is 15.1. The first-order valence-electron chi connectivity index (χ1n) is 6.91. The summed E-state index contributed by atoms with van der Waals surface area (Å²) in [5.74, 6) is -0.737. The Morgan fingerprint density at radius 3 is 2.35 bits per heavy atom. The van der Waals surface area contributed by atoms with Crippen molar-refractivity contribution in [3.8, 4) is 0 Å². The number of carbonyl (C=O) groups excluding carboxylic acids is 1. The van der Waals surface area contributed by atoms with Gasteiger partial charge in [0.05, 0.1) is 27.0 Å². The van der Waals surface area contributed by atoms with Crippen LogP contribution in [0.2, 0.25) is 10.0 Å². The topological polar surface area (TPSA) is 75.3 Å². The van der Waals surface area contributed by atoms with E-state index in [1.54, 1.807) is 0 Å². The van der Waals surface area contributed by atoms with Gasteiger partial charge in [-0.3, -0.25) is 4.79 Å². The number of carbonyl (C=O) groups is 1. The molecule has 0 heterocycles. The summed E-state index contributed by atoms with van der Waals surface area (Å²) >= 11 is 11.5. The SMILES string of the molecule is O=C(CNS(=O)(=O)c1cccc(C(F)(F)F)c1)Nc1ccc(Cl)c(Cl)c1. The summed E-state index contributed by atoms with van der Waals surface area (Å²) < 4.78 is 64.1. The molecular formula is C15H11Cl2F3N2O3S. The highest BCUT2D eigenvalue weighted by Gasteiger charge is 2.31. The van der Waals surface area contributed by atoms with Crippen LogP contribution in [0.4, 0.5) is 18.9 Å². The zero-order chi connectivity index (χ0) is 19.5. The van der Waals surface area contributed by atoms with Crippen LogP contribution < -0.4 is 10.0 Å². The third-order valence-corrected chi connectivity index (χ3v) is 5.24. The smallest absolute Gasteiger partial charge is 0.325 e. The lowest BCUT2D eigenvalue weighted by Gasteiger charge is -2.11. The van der Waals surface area contributed by atoms with Gasteiger partial charge in [0.1, 0.15) is 0 Å². The van der Waals surface area contributed by atoms with Gasteiger partial charge in [0.25, 0.3) is 0 Å². The lowest BCUT2D eigenvalue weighted by molar-refractivity contribution is -0.137. The van der Waals surface area contributed by atoms with Gasteiger partial charge in [-0.25, -0.2) is 13.1 Å². The summed E-state index contributed by atoms with van der Waals surface area (Å²) in [5.41, 5.74) is -0.830. The molecule has 0 saturated heterocycles. The molecule has 0 aliphatic heterocycles. The average Bonchev–Trinajstić information content (AvgIpc) is 2.56. The largest absolute Gasteiger partial charge is 0.416 e. The van der Waals surface area contributed by atoms with Crippen LogP contribution in [0.25, 0.3) is 0 Å². The second-order valence-corrected chi connectivity index (χ2v) is 7.61. The Bertz CT molecular complexity index is 934. The number of benzene rings is 2. The summed E-state index contributed by atoms with van der Waals surface area (Å²) in [6.45, 7) is -0.682. The monoisotopic (exact) mass is 426 g/mol. The molecule has 26 heavy (non-hydrogen) atoms. The third-order valence-electron chi connectivity index (χ3n) is 3.10. The highest BCUT2D eigenvalue weighted by Crippen LogP contribution is 2.30. The van der Waals surface area contributed by atoms with Crippen molar-refractivity contribution in [2.24, 2.45) is 0 Å². The van der Waals surface area contributed by atoms with Crippen molar-refractivity contribution in [1.82, 2.24) is 4.72 Å². The predicted molar refractivity (Wildman–Crippen MR) is 91.7 cm³/mol. The van der Waals surface area contributed by atoms with Crippen LogP contribution in [-0.4, -0.2) is 20.9 Å². The number of hydrogen-bond donors (Lipinski definition) is 2. The molecule has 140 valence electrons. The minimum atomic E-state index is -4.68. The fourth-order valence-corrected chi connectivity index (χ4v) is 3.19. The molecule has 0 spiro atoms. The molecule has 0 fully saturated rings. The minimum absolute atomic E-state index is 0.189. The van der Waals surface area contributed by atoms with Gasteiger partial charge < -0.3 is 5.32 Å². The maximum absolute atomic E-state index is 12.7. The van der Waals surface area contributed by atoms with Gasteiger partial charge in [-0.05, 0) is 36.4 Å². The van der Waals surface area contributed by atoms with Crippen LogP contribution in [0.5, 0.6) is 0 Å². The molecule has 0 atom stereocenters. The van der Waals surface area contributed by atoms with Crippen LogP contribution in [0.15, 0.2) is 47.4 Å². The number of sulfonamides is 1. The fourth-order valence-electron chi connectivity index (χ4n) is 1.86. The van der Waals surface area contributed by atoms with Crippen molar-refractivity contribution >= 4 is 44.8 Å². The Labute approximate surface area is 157 Å². The molecule has 0 radical (unpaired) electrons. The predicted octanol–water partition coefficient (Wildman–Crippen LogP) is 3.93. The quantitative estimate of drug-likeness (QED) is 0.760. The van der Waals surface area contributed by atoms with Crippen molar-refractivity contribution < 1.29 is 26.4 Å². The molecule has 11 heteroatoms. The first kappa shape index (κ1) is 20.5. The van der Waals surface area contributed by atoms with Gasteiger partial charge in [-0.2, -0.15) is 13.2 Å². The normalized spacial score (nSPS) is 12.0. The van der Waals surface area contributed by atoms with E-state index in [2.05, 4.69) is 5.32 Å². The van der Waals surface area contributed by atoms with Gasteiger partial charge in [-0.1, -0.05) is 29.3 Å². The van der Waals surface area contributed by atoms with Gasteiger partial charge in [0.2, 0.25) is 15.9 Å². The Morgan fingerprint density at radius 2 is 1.73 bits per heavy atom. The van der Waals surface area contributed by atoms with Gasteiger partial charge in [0, 0.05) is 5.69 Å². The van der Waals surface area contributed by atoms with E-state index >= 15 is 0 Å². The first-order valence-corrected chi connectivity index (χ1v) is 9.15. The van der Waals surface area contributed by atoms with E-state index < -0.39 is 39.1 Å². The highest BCUT2D eigenvalue weighted by molar-refractivity contribution is 7.89. The molecule has 1 amide bonds. The van der Waals surface area contributed by atoms with Crippen molar-refractivity contribution in [3.05, 3.63) is 58.1 Å². The van der Waals surface area contributed by atoms with E-state index in [4.69, 9.17) is 23.2 Å². The fraction of sp³-hybridized carbons (Fsp3) is 0.133. The van der Waals surface area contributed by atoms with E-state index in [0.717, 1.165) is 18.2 Å². The van der Waals surface area contributed by atoms with E-state index in [0.29, 0.717) is 6.07 Å². The molecule has 0 aromatic heterocycles. The second-order valence-electron chi connectivity index (χ2n) is 5.03. The molecule has 0 unspecified atom stereocenters. The number of halogens is 5. The molecule has 0 aliphatic carbocycles. The number of rotatable bonds is 5. The molecule has 5 nitrogen and oxygen atoms in total. The Kier molecular flexibility index (Phi) is 6.17. The summed E-state index contributed by atoms with van der Waals surface area (Å²) in [4.78, 5) is 11.2. The Hall–Kier alpha value is -1.81. The van der Waals surface area contributed by atoms with Crippen LogP contribution in [0.1, 0.15) is 5.56 Å². The van der Waals surface area contributed by atoms with Crippen LogP contribution in [0.3, 0.4) is 0 Å². The van der Waals surface area contributed by atoms with E-state index in [9.17, 15) is 26.4 Å². The third kappa shape index (κ3) is 5.34. The van der Waals surface area contributed by atoms with Crippen LogP contribution in [-0.2, 0) is 21.0 Å². The van der Waals surface area contributed by atoms with Crippen molar-refractivity contribution in [1.29, 1.82) is 0 Å². The van der Waals surface area contributed by atoms with Crippen molar-refractivity contribution in [3.63, 3.8) is 0 Å². The lowest BCUT2D eigenvalue weighted by atomic mass is 10.2. The molecule has 0 saturated carbocycles. The summed E-state index contributed by atoms with van der Waals surface area (Å²) in [6.07, 6.45) is -4.68. The molecule has 0 bridgehead atoms. The van der Waals surface area contributed by atoms with Crippen LogP contribution >= 0.6 is 23.2 Å². The number of alkyl halides is 3. The van der Waals surface area contributed by atoms with Crippen molar-refractivity contribution in [2.45, 2.75) is 11.1 Å². The number of amides is 1. The summed E-state index contributed by atoms with van der Waals surface area (Å²) in [5, 5.41) is 2.84. The maximum atomic E-state index is 12.7. The number of nitrogens with one attached hydrogen (secondary N) is 2. The Balaban J connectivity index is 2.05. The average molecular weight is 427 g/mol. The van der Waals surface area contributed by atoms with Gasteiger partial charge in [0.15, 0.2) is 0 Å². The van der Waals surface area contributed by atoms with E-state index in [1.165, 1.54) is 18.2 Å². The minimum Gasteiger partial charge on any atom is -0.325 e. The summed E-state index contributed by atoms with van der Waals surface area (Å²) in [7, 11) is -4.30. The molecule has 2 rings (SSSR count). The second kappa shape index (κ2) is 7.83. The van der Waals surface area contributed by atoms with Gasteiger partial charge in [-0.15, -0.1) is 0 Å². The van der Waals surface area contributed by atoms with E-state index in [-0.39, 0.29) is 15.7 Å². The molecule has 2 aromatic carbocycles. The zero-order valence-electron chi connectivity index (χ0n) is 12.8. The Morgan fingerprint density at radius 1 is 1.04 bits per heavy atom. The number of hydrogen-bond acceptors (Lipinski definition) is 3. The van der Waals surface area contributed by atoms with E-state index in [1.807, 2.05) is 4.72 Å². The standard InChI is InChI=1S/C15H11Cl2F3N2O3S/c16-12-5-4-10(7-13(12)17)22-14(23)8-21-26(24,25)11-3-1-2-9(6-11)15(18,19)20/h1-7,21H,8H2,(H,22,23).